The Morgan fingerprint density at radius 3 is 3.10 bits per heavy atom. The van der Waals surface area contributed by atoms with E-state index in [2.05, 4.69) is 33.1 Å². The lowest BCUT2D eigenvalue weighted by Crippen LogP contribution is -2.44. The summed E-state index contributed by atoms with van der Waals surface area (Å²) < 4.78 is 6.62. The molecule has 20 heavy (non-hydrogen) atoms. The number of nitrogens with zero attached hydrogens (tertiary/aromatic N) is 1. The van der Waals surface area contributed by atoms with Gasteiger partial charge in [-0.05, 0) is 43.9 Å². The van der Waals surface area contributed by atoms with Gasteiger partial charge in [0, 0.05) is 10.5 Å². The summed E-state index contributed by atoms with van der Waals surface area (Å²) in [7, 11) is 0. The topological polar surface area (TPSA) is 41.6 Å². The number of hydrogen-bond donors (Lipinski definition) is 1. The lowest BCUT2D eigenvalue weighted by Gasteiger charge is -2.31. The van der Waals surface area contributed by atoms with Gasteiger partial charge in [0.05, 0.1) is 18.8 Å². The van der Waals surface area contributed by atoms with Gasteiger partial charge in [0.2, 0.25) is 5.91 Å². The van der Waals surface area contributed by atoms with E-state index < -0.39 is 0 Å². The van der Waals surface area contributed by atoms with Crippen LogP contribution in [0.1, 0.15) is 19.8 Å². The van der Waals surface area contributed by atoms with E-state index in [9.17, 15) is 4.79 Å². The van der Waals surface area contributed by atoms with Gasteiger partial charge >= 0.3 is 0 Å². The summed E-state index contributed by atoms with van der Waals surface area (Å²) in [6.45, 7) is 3.86. The van der Waals surface area contributed by atoms with Crippen LogP contribution in [0.2, 0.25) is 0 Å². The average Bonchev–Trinajstić information content (AvgIpc) is 3.23. The summed E-state index contributed by atoms with van der Waals surface area (Å²) in [5.41, 5.74) is 0.986. The highest BCUT2D eigenvalue weighted by atomic mass is 79.9. The number of carbonyl (C=O) groups excluding carboxylic acids is 1. The van der Waals surface area contributed by atoms with Crippen molar-refractivity contribution < 1.29 is 9.53 Å². The highest BCUT2D eigenvalue weighted by molar-refractivity contribution is 9.10. The number of nitrogens with one attached hydrogen (secondary N) is 1. The molecule has 1 atom stereocenters. The van der Waals surface area contributed by atoms with Gasteiger partial charge in [-0.25, -0.2) is 0 Å². The molecule has 1 aliphatic heterocycles. The Morgan fingerprint density at radius 2 is 2.35 bits per heavy atom. The third-order valence-corrected chi connectivity index (χ3v) is 4.43. The van der Waals surface area contributed by atoms with E-state index in [0.29, 0.717) is 25.1 Å². The van der Waals surface area contributed by atoms with Crippen molar-refractivity contribution in [3.05, 3.63) is 22.7 Å². The van der Waals surface area contributed by atoms with E-state index in [4.69, 9.17) is 4.74 Å². The minimum atomic E-state index is 0.0947. The molecule has 1 amide bonds. The standard InChI is InChI=1S/C15H19BrN2O2/c1-10(11-2-3-11)17-15(19)9-18-6-7-20-14-5-4-12(16)8-13(14)18/h4-5,8,10-11H,2-3,6-7,9H2,1H3,(H,17,19)/t10-/m0/s1. The molecule has 2 aliphatic rings. The Balaban J connectivity index is 1.66. The smallest absolute Gasteiger partial charge is 0.239 e. The number of hydrogen-bond acceptors (Lipinski definition) is 3. The lowest BCUT2D eigenvalue weighted by molar-refractivity contribution is -0.120. The lowest BCUT2D eigenvalue weighted by atomic mass is 10.2. The maximum atomic E-state index is 12.1. The maximum absolute atomic E-state index is 12.1. The molecule has 0 bridgehead atoms. The van der Waals surface area contributed by atoms with E-state index in [-0.39, 0.29) is 5.91 Å². The first-order chi connectivity index (χ1) is 9.63. The number of halogens is 1. The van der Waals surface area contributed by atoms with Gasteiger partial charge in [0.25, 0.3) is 0 Å². The predicted octanol–water partition coefficient (Wildman–Crippen LogP) is 2.56. The Hall–Kier alpha value is -1.23. The fourth-order valence-corrected chi connectivity index (χ4v) is 2.95. The van der Waals surface area contributed by atoms with Gasteiger partial charge in [0.15, 0.2) is 0 Å². The molecule has 0 saturated heterocycles. The van der Waals surface area contributed by atoms with Crippen LogP contribution >= 0.6 is 15.9 Å². The molecule has 1 aromatic carbocycles. The second-order valence-corrected chi connectivity index (χ2v) is 6.49. The summed E-state index contributed by atoms with van der Waals surface area (Å²) in [6.07, 6.45) is 2.49. The molecule has 1 aliphatic carbocycles. The predicted molar refractivity (Wildman–Crippen MR) is 82.2 cm³/mol. The third kappa shape index (κ3) is 3.08. The van der Waals surface area contributed by atoms with E-state index in [1.54, 1.807) is 0 Å². The van der Waals surface area contributed by atoms with Gasteiger partial charge in [-0.1, -0.05) is 15.9 Å². The van der Waals surface area contributed by atoms with Gasteiger partial charge in [-0.15, -0.1) is 0 Å². The number of amides is 1. The molecule has 1 saturated carbocycles. The summed E-state index contributed by atoms with van der Waals surface area (Å²) in [4.78, 5) is 14.2. The fraction of sp³-hybridized carbons (Fsp3) is 0.533. The molecule has 1 N–H and O–H groups in total. The van der Waals surface area contributed by atoms with Crippen molar-refractivity contribution >= 4 is 27.5 Å². The second kappa shape index (κ2) is 5.64. The van der Waals surface area contributed by atoms with Crippen LogP contribution in [0.4, 0.5) is 5.69 Å². The largest absolute Gasteiger partial charge is 0.490 e. The second-order valence-electron chi connectivity index (χ2n) is 5.58. The van der Waals surface area contributed by atoms with Gasteiger partial charge in [0.1, 0.15) is 12.4 Å². The Labute approximate surface area is 127 Å². The van der Waals surface area contributed by atoms with E-state index in [1.807, 2.05) is 18.2 Å². The van der Waals surface area contributed by atoms with Crippen molar-refractivity contribution in [3.8, 4) is 5.75 Å². The quantitative estimate of drug-likeness (QED) is 0.917. The van der Waals surface area contributed by atoms with Gasteiger partial charge in [-0.3, -0.25) is 4.79 Å². The Bertz CT molecular complexity index is 517. The molecular weight excluding hydrogens is 320 g/mol. The number of benzene rings is 1. The Morgan fingerprint density at radius 1 is 1.55 bits per heavy atom. The molecule has 3 rings (SSSR count). The van der Waals surface area contributed by atoms with E-state index >= 15 is 0 Å². The Kier molecular flexibility index (Phi) is 3.87. The molecule has 0 unspecified atom stereocenters. The molecule has 4 nitrogen and oxygen atoms in total. The highest BCUT2D eigenvalue weighted by Crippen LogP contribution is 2.34. The minimum Gasteiger partial charge on any atom is -0.490 e. The van der Waals surface area contributed by atoms with Crippen molar-refractivity contribution in [1.29, 1.82) is 0 Å². The van der Waals surface area contributed by atoms with Gasteiger partial charge < -0.3 is 15.0 Å². The monoisotopic (exact) mass is 338 g/mol. The van der Waals surface area contributed by atoms with Crippen LogP contribution < -0.4 is 15.0 Å². The van der Waals surface area contributed by atoms with Crippen LogP contribution in [0.25, 0.3) is 0 Å². The van der Waals surface area contributed by atoms with Gasteiger partial charge in [-0.2, -0.15) is 0 Å². The van der Waals surface area contributed by atoms with Crippen LogP contribution in [0.3, 0.4) is 0 Å². The van der Waals surface area contributed by atoms with Crippen LogP contribution in [0.15, 0.2) is 22.7 Å². The number of carbonyl (C=O) groups is 1. The summed E-state index contributed by atoms with van der Waals surface area (Å²) in [5, 5.41) is 3.10. The highest BCUT2D eigenvalue weighted by Gasteiger charge is 2.29. The zero-order valence-corrected chi connectivity index (χ0v) is 13.1. The molecule has 5 heteroatoms. The van der Waals surface area contributed by atoms with Crippen molar-refractivity contribution in [2.45, 2.75) is 25.8 Å². The number of rotatable bonds is 4. The molecule has 108 valence electrons. The first-order valence-electron chi connectivity index (χ1n) is 7.10. The molecule has 1 fully saturated rings. The first-order valence-corrected chi connectivity index (χ1v) is 7.89. The summed E-state index contributed by atoms with van der Waals surface area (Å²) in [5.74, 6) is 1.63. The van der Waals surface area contributed by atoms with Crippen molar-refractivity contribution in [2.75, 3.05) is 24.6 Å². The number of ether oxygens (including phenoxy) is 1. The van der Waals surface area contributed by atoms with Crippen LogP contribution in [-0.2, 0) is 4.79 Å². The minimum absolute atomic E-state index is 0.0947. The molecular formula is C15H19BrN2O2. The van der Waals surface area contributed by atoms with Crippen LogP contribution in [0, 0.1) is 5.92 Å². The molecule has 1 heterocycles. The van der Waals surface area contributed by atoms with Crippen LogP contribution in [-0.4, -0.2) is 31.6 Å². The van der Waals surface area contributed by atoms with Crippen molar-refractivity contribution in [2.24, 2.45) is 5.92 Å². The normalized spacial score (nSPS) is 19.0. The molecule has 0 radical (unpaired) electrons. The summed E-state index contributed by atoms with van der Waals surface area (Å²) >= 11 is 3.47. The molecule has 0 spiro atoms. The van der Waals surface area contributed by atoms with Crippen LogP contribution in [0.5, 0.6) is 5.75 Å². The number of fused-ring (bicyclic) bond motifs is 1. The summed E-state index contributed by atoms with van der Waals surface area (Å²) in [6, 6.07) is 6.20. The maximum Gasteiger partial charge on any atom is 0.239 e. The SMILES string of the molecule is C[C@H](NC(=O)CN1CCOc2ccc(Br)cc21)C1CC1. The average molecular weight is 339 g/mol. The number of anilines is 1. The third-order valence-electron chi connectivity index (χ3n) is 3.93. The van der Waals surface area contributed by atoms with E-state index in [0.717, 1.165) is 22.5 Å². The zero-order chi connectivity index (χ0) is 14.1. The molecule has 1 aromatic rings. The zero-order valence-electron chi connectivity index (χ0n) is 11.6. The fourth-order valence-electron chi connectivity index (χ4n) is 2.60. The van der Waals surface area contributed by atoms with Crippen molar-refractivity contribution in [3.63, 3.8) is 0 Å². The first kappa shape index (κ1) is 13.7. The van der Waals surface area contributed by atoms with E-state index in [1.165, 1.54) is 12.8 Å². The van der Waals surface area contributed by atoms with Crippen molar-refractivity contribution in [1.82, 2.24) is 5.32 Å². The molecule has 0 aromatic heterocycles.